The fourth-order valence-corrected chi connectivity index (χ4v) is 22.2. The second-order valence-corrected chi connectivity index (χ2v) is 49.6. The van der Waals surface area contributed by atoms with Crippen LogP contribution in [0.25, 0.3) is 11.1 Å². The number of allylic oxidation sites excluding steroid dienone is 4. The Morgan fingerprint density at radius 3 is 2.50 bits per heavy atom. The summed E-state index contributed by atoms with van der Waals surface area (Å²) in [5, 5.41) is 0. The van der Waals surface area contributed by atoms with E-state index in [-0.39, 0.29) is 0 Å². The molecule has 0 N–H and O–H groups in total. The molecular weight excluding hydrogens is 360 g/mol. The van der Waals surface area contributed by atoms with Gasteiger partial charge in [0.25, 0.3) is 0 Å². The van der Waals surface area contributed by atoms with Gasteiger partial charge in [-0.1, -0.05) is 0 Å². The van der Waals surface area contributed by atoms with Gasteiger partial charge in [0.15, 0.2) is 0 Å². The van der Waals surface area contributed by atoms with Crippen molar-refractivity contribution in [3.05, 3.63) is 75.1 Å². The molecule has 0 unspecified atom stereocenters. The standard InChI is InChI=1S/C13H9.C5H5.2CH3.H2Si.Zr.2H/c1-3-7-12-10(5-1)9-11-6-2-4-8-13(11)12;1-2-4-5-3-1;;;;;;/h1-5,7-8H,9H2;1-3H,4H2;2*1H3;1H2;;;. The predicted molar refractivity (Wildman–Crippen MR) is 99.2 cm³/mol. The van der Waals surface area contributed by atoms with Gasteiger partial charge in [0, 0.05) is 0 Å². The maximum absolute atomic E-state index is 3.23. The summed E-state index contributed by atoms with van der Waals surface area (Å²) in [4.78, 5) is 0. The molecule has 2 aliphatic rings. The Bertz CT molecular complexity index is 909. The third-order valence-electron chi connectivity index (χ3n) is 6.47. The van der Waals surface area contributed by atoms with Crippen molar-refractivity contribution < 1.29 is 17.4 Å². The molecule has 0 nitrogen and oxygen atoms in total. The van der Waals surface area contributed by atoms with Crippen LogP contribution in [-0.2, 0) is 23.8 Å². The van der Waals surface area contributed by atoms with Crippen LogP contribution in [0.1, 0.15) is 17.5 Å². The van der Waals surface area contributed by atoms with Crippen LogP contribution in [-0.4, -0.2) is 6.88 Å². The summed E-state index contributed by atoms with van der Waals surface area (Å²) in [5.74, 6) is 0. The molecular formula is C20H24SiZr. The molecule has 0 atom stereocenters. The van der Waals surface area contributed by atoms with Gasteiger partial charge >= 0.3 is 136 Å². The third kappa shape index (κ3) is 2.04. The number of fused-ring (bicyclic) bond motifs is 3. The van der Waals surface area contributed by atoms with Gasteiger partial charge in [-0.15, -0.1) is 0 Å². The van der Waals surface area contributed by atoms with Gasteiger partial charge in [-0.05, 0) is 0 Å². The third-order valence-corrected chi connectivity index (χ3v) is 29.5. The second-order valence-electron chi connectivity index (χ2n) is 9.03. The molecule has 0 aliphatic heterocycles. The van der Waals surface area contributed by atoms with Crippen molar-refractivity contribution in [2.45, 2.75) is 22.1 Å². The maximum atomic E-state index is 2.62. The summed E-state index contributed by atoms with van der Waals surface area (Å²) >= 11 is -3.23. The first-order chi connectivity index (χ1) is 10.5. The normalized spacial score (nSPS) is 17.5. The Hall–Kier alpha value is -0.980. The van der Waals surface area contributed by atoms with Gasteiger partial charge in [-0.25, -0.2) is 0 Å². The molecule has 2 heteroatoms. The van der Waals surface area contributed by atoms with Crippen LogP contribution in [0.4, 0.5) is 0 Å². The molecule has 0 radical (unpaired) electrons. The van der Waals surface area contributed by atoms with Crippen LogP contribution in [0.2, 0.25) is 9.26 Å². The average Bonchev–Trinajstić information content (AvgIpc) is 3.14. The van der Waals surface area contributed by atoms with Gasteiger partial charge in [0.2, 0.25) is 0 Å². The SMILES string of the molecule is [CH3][ZrH2]([CH3])(=[SiH2])([C]1=CC=CC1)[c]1cccc2c1Cc1ccccc1-2. The van der Waals surface area contributed by atoms with Crippen molar-refractivity contribution in [3.8, 4) is 11.1 Å². The van der Waals surface area contributed by atoms with Gasteiger partial charge in [0.05, 0.1) is 0 Å². The fraction of sp³-hybridized carbons (Fsp3) is 0.200. The molecule has 0 amide bonds. The fourth-order valence-electron chi connectivity index (χ4n) is 4.86. The van der Waals surface area contributed by atoms with Crippen LogP contribution in [0, 0.1) is 0 Å². The Balaban J connectivity index is 1.95. The molecule has 4 rings (SSSR count). The topological polar surface area (TPSA) is 0 Å². The van der Waals surface area contributed by atoms with E-state index in [4.69, 9.17) is 0 Å². The number of hydrogen-bond donors (Lipinski definition) is 0. The molecule has 0 saturated heterocycles. The molecule has 112 valence electrons. The molecule has 2 aromatic carbocycles. The first-order valence-electron chi connectivity index (χ1n) is 8.87. The zero-order chi connectivity index (χ0) is 15.4. The van der Waals surface area contributed by atoms with Crippen molar-refractivity contribution in [1.29, 1.82) is 0 Å². The van der Waals surface area contributed by atoms with Crippen LogP contribution >= 0.6 is 0 Å². The zero-order valence-corrected chi connectivity index (χ0v) is 18.5. The van der Waals surface area contributed by atoms with Crippen molar-refractivity contribution in [3.63, 3.8) is 0 Å². The van der Waals surface area contributed by atoms with Crippen LogP contribution < -0.4 is 3.27 Å². The van der Waals surface area contributed by atoms with Gasteiger partial charge in [-0.3, -0.25) is 0 Å². The van der Waals surface area contributed by atoms with E-state index in [1.54, 1.807) is 12.1 Å². The molecule has 0 heterocycles. The molecule has 22 heavy (non-hydrogen) atoms. The Morgan fingerprint density at radius 1 is 0.955 bits per heavy atom. The zero-order valence-electron chi connectivity index (χ0n) is 13.6. The first-order valence-corrected chi connectivity index (χ1v) is 27.7. The van der Waals surface area contributed by atoms with E-state index < -0.39 is 17.4 Å². The number of rotatable bonds is 2. The van der Waals surface area contributed by atoms with Crippen molar-refractivity contribution >= 4 is 10.2 Å². The van der Waals surface area contributed by atoms with Crippen molar-refractivity contribution in [2.24, 2.45) is 0 Å². The molecule has 0 fully saturated rings. The van der Waals surface area contributed by atoms with Crippen molar-refractivity contribution in [2.75, 3.05) is 0 Å². The van der Waals surface area contributed by atoms with Crippen LogP contribution in [0.15, 0.2) is 64.0 Å². The average molecular weight is 384 g/mol. The summed E-state index contributed by atoms with van der Waals surface area (Å²) < 4.78 is 8.70. The van der Waals surface area contributed by atoms with E-state index in [0.717, 1.165) is 6.42 Å². The van der Waals surface area contributed by atoms with E-state index in [0.29, 0.717) is 0 Å². The van der Waals surface area contributed by atoms with Gasteiger partial charge in [0.1, 0.15) is 0 Å². The number of benzene rings is 2. The predicted octanol–water partition coefficient (Wildman–Crippen LogP) is 3.53. The summed E-state index contributed by atoms with van der Waals surface area (Å²) in [5.41, 5.74) is 6.06. The van der Waals surface area contributed by atoms with Crippen LogP contribution in [0.3, 0.4) is 0 Å². The van der Waals surface area contributed by atoms with E-state index in [9.17, 15) is 0 Å². The van der Waals surface area contributed by atoms with Crippen LogP contribution in [0.5, 0.6) is 0 Å². The quantitative estimate of drug-likeness (QED) is 0.594. The van der Waals surface area contributed by atoms with E-state index in [1.807, 2.05) is 0 Å². The van der Waals surface area contributed by atoms with Crippen molar-refractivity contribution in [1.82, 2.24) is 0 Å². The Labute approximate surface area is 135 Å². The molecule has 2 aromatic rings. The number of hydrogen-bond acceptors (Lipinski definition) is 0. The minimum absolute atomic E-state index is 1.12. The molecule has 0 saturated carbocycles. The Morgan fingerprint density at radius 2 is 1.73 bits per heavy atom. The second kappa shape index (κ2) is 4.76. The minimum atomic E-state index is -3.23. The van der Waals surface area contributed by atoms with Gasteiger partial charge in [-0.2, -0.15) is 0 Å². The molecule has 0 aromatic heterocycles. The summed E-state index contributed by atoms with van der Waals surface area (Å²) in [6, 6.07) is 16.0. The molecule has 0 spiro atoms. The molecule has 2 aliphatic carbocycles. The first kappa shape index (κ1) is 14.6. The monoisotopic (exact) mass is 382 g/mol. The molecule has 0 bridgehead atoms. The Kier molecular flexibility index (Phi) is 3.16. The van der Waals surface area contributed by atoms with E-state index in [1.165, 1.54) is 23.1 Å². The van der Waals surface area contributed by atoms with E-state index in [2.05, 4.69) is 76.8 Å². The summed E-state index contributed by atoms with van der Waals surface area (Å²) in [6.07, 6.45) is 9.28. The summed E-state index contributed by atoms with van der Waals surface area (Å²) in [7, 11) is 0. The van der Waals surface area contributed by atoms with Gasteiger partial charge < -0.3 is 0 Å². The van der Waals surface area contributed by atoms with E-state index >= 15 is 0 Å². The summed E-state index contributed by atoms with van der Waals surface area (Å²) in [6.45, 7) is 2.36.